The zero-order valence-corrected chi connectivity index (χ0v) is 7.92. The molecule has 13 heavy (non-hydrogen) atoms. The Balaban J connectivity index is 2.43. The van der Waals surface area contributed by atoms with Gasteiger partial charge in [-0.25, -0.2) is 0 Å². The first-order valence-electron chi connectivity index (χ1n) is 4.70. The Morgan fingerprint density at radius 1 is 1.46 bits per heavy atom. The third kappa shape index (κ3) is 1.74. The van der Waals surface area contributed by atoms with E-state index >= 15 is 0 Å². The van der Waals surface area contributed by atoms with E-state index in [1.54, 1.807) is 0 Å². The molecule has 1 unspecified atom stereocenters. The summed E-state index contributed by atoms with van der Waals surface area (Å²) in [6, 6.07) is 6.53. The molecule has 2 N–H and O–H groups in total. The van der Waals surface area contributed by atoms with E-state index < -0.39 is 0 Å². The molecule has 1 aliphatic heterocycles. The largest absolute Gasteiger partial charge is 0.379 e. The third-order valence-corrected chi connectivity index (χ3v) is 2.51. The first kappa shape index (κ1) is 8.73. The summed E-state index contributed by atoms with van der Waals surface area (Å²) >= 11 is 0. The van der Waals surface area contributed by atoms with Crippen molar-refractivity contribution in [3.63, 3.8) is 0 Å². The molecule has 1 atom stereocenters. The fourth-order valence-corrected chi connectivity index (χ4v) is 1.77. The van der Waals surface area contributed by atoms with E-state index in [0.717, 1.165) is 13.0 Å². The molecule has 70 valence electrons. The zero-order chi connectivity index (χ0) is 9.26. The summed E-state index contributed by atoms with van der Waals surface area (Å²) in [5, 5.41) is 0. The second kappa shape index (κ2) is 3.48. The van der Waals surface area contributed by atoms with Gasteiger partial charge in [0.1, 0.15) is 0 Å². The summed E-state index contributed by atoms with van der Waals surface area (Å²) in [5.74, 6) is 0. The highest BCUT2D eigenvalue weighted by atomic mass is 16.5. The lowest BCUT2D eigenvalue weighted by Crippen LogP contribution is -2.16. The molecule has 1 heterocycles. The molecule has 0 saturated carbocycles. The number of ether oxygens (including phenoxy) is 1. The number of benzene rings is 1. The van der Waals surface area contributed by atoms with Gasteiger partial charge in [0, 0.05) is 0 Å². The van der Waals surface area contributed by atoms with Crippen molar-refractivity contribution in [3.05, 3.63) is 34.9 Å². The van der Waals surface area contributed by atoms with Gasteiger partial charge >= 0.3 is 0 Å². The molecule has 0 fully saturated rings. The zero-order valence-electron chi connectivity index (χ0n) is 7.92. The van der Waals surface area contributed by atoms with Gasteiger partial charge in [0.15, 0.2) is 0 Å². The molecule has 2 heteroatoms. The van der Waals surface area contributed by atoms with Crippen molar-refractivity contribution in [1.29, 1.82) is 0 Å². The smallest absolute Gasteiger partial charge is 0.0659 e. The predicted octanol–water partition coefficient (Wildman–Crippen LogP) is 1.57. The molecular weight excluding hydrogens is 162 g/mol. The lowest BCUT2D eigenvalue weighted by molar-refractivity contribution is 0.131. The van der Waals surface area contributed by atoms with Gasteiger partial charge in [-0.3, -0.25) is 0 Å². The highest BCUT2D eigenvalue weighted by molar-refractivity contribution is 5.34. The van der Waals surface area contributed by atoms with Crippen molar-refractivity contribution in [2.24, 2.45) is 5.73 Å². The Kier molecular flexibility index (Phi) is 2.34. The van der Waals surface area contributed by atoms with Crippen LogP contribution < -0.4 is 5.73 Å². The Morgan fingerprint density at radius 2 is 2.31 bits per heavy atom. The van der Waals surface area contributed by atoms with Crippen molar-refractivity contribution in [3.8, 4) is 0 Å². The second-order valence-corrected chi connectivity index (χ2v) is 3.63. The van der Waals surface area contributed by atoms with Crippen LogP contribution in [0.1, 0.15) is 22.7 Å². The molecule has 0 amide bonds. The Bertz CT molecular complexity index is 309. The molecule has 0 radical (unpaired) electrons. The van der Waals surface area contributed by atoms with Crippen LogP contribution in [-0.4, -0.2) is 13.2 Å². The predicted molar refractivity (Wildman–Crippen MR) is 52.6 cm³/mol. The summed E-state index contributed by atoms with van der Waals surface area (Å²) in [6.45, 7) is 3.54. The van der Waals surface area contributed by atoms with Crippen LogP contribution in [0.4, 0.5) is 0 Å². The SMILES string of the molecule is Cc1ccc2c(c1)C(N)COCC2. The number of aryl methyl sites for hydroxylation is 1. The van der Waals surface area contributed by atoms with Crippen molar-refractivity contribution in [1.82, 2.24) is 0 Å². The van der Waals surface area contributed by atoms with Gasteiger partial charge in [-0.1, -0.05) is 23.8 Å². The van der Waals surface area contributed by atoms with Gasteiger partial charge in [-0.2, -0.15) is 0 Å². The average molecular weight is 177 g/mol. The quantitative estimate of drug-likeness (QED) is 0.652. The molecule has 0 aromatic heterocycles. The van der Waals surface area contributed by atoms with E-state index in [9.17, 15) is 0 Å². The number of rotatable bonds is 0. The van der Waals surface area contributed by atoms with E-state index in [4.69, 9.17) is 10.5 Å². The van der Waals surface area contributed by atoms with E-state index in [1.165, 1.54) is 16.7 Å². The maximum atomic E-state index is 5.99. The van der Waals surface area contributed by atoms with Gasteiger partial charge < -0.3 is 10.5 Å². The molecule has 1 aromatic rings. The first-order valence-corrected chi connectivity index (χ1v) is 4.70. The molecule has 0 saturated heterocycles. The molecule has 1 aliphatic rings. The van der Waals surface area contributed by atoms with Crippen molar-refractivity contribution >= 4 is 0 Å². The minimum atomic E-state index is 0.0531. The number of hydrogen-bond acceptors (Lipinski definition) is 2. The third-order valence-electron chi connectivity index (χ3n) is 2.51. The first-order chi connectivity index (χ1) is 6.27. The van der Waals surface area contributed by atoms with Crippen LogP contribution in [0.2, 0.25) is 0 Å². The maximum Gasteiger partial charge on any atom is 0.0659 e. The summed E-state index contributed by atoms with van der Waals surface area (Å²) < 4.78 is 5.40. The molecule has 2 nitrogen and oxygen atoms in total. The average Bonchev–Trinajstić information content (AvgIpc) is 2.29. The lowest BCUT2D eigenvalue weighted by Gasteiger charge is -2.12. The van der Waals surface area contributed by atoms with Crippen LogP contribution in [-0.2, 0) is 11.2 Å². The fourth-order valence-electron chi connectivity index (χ4n) is 1.77. The monoisotopic (exact) mass is 177 g/mol. The van der Waals surface area contributed by atoms with Crippen molar-refractivity contribution < 1.29 is 4.74 Å². The van der Waals surface area contributed by atoms with Gasteiger partial charge in [0.05, 0.1) is 19.3 Å². The molecule has 2 rings (SSSR count). The van der Waals surface area contributed by atoms with Crippen LogP contribution in [0, 0.1) is 6.92 Å². The Morgan fingerprint density at radius 3 is 3.15 bits per heavy atom. The van der Waals surface area contributed by atoms with Crippen LogP contribution in [0.25, 0.3) is 0 Å². The molecular formula is C11H15NO. The molecule has 0 bridgehead atoms. The highest BCUT2D eigenvalue weighted by Gasteiger charge is 2.14. The minimum Gasteiger partial charge on any atom is -0.379 e. The standard InChI is InChI=1S/C11H15NO/c1-8-2-3-9-4-5-13-7-11(12)10(9)6-8/h2-3,6,11H,4-5,7,12H2,1H3. The Hall–Kier alpha value is -0.860. The fraction of sp³-hybridized carbons (Fsp3) is 0.455. The van der Waals surface area contributed by atoms with Crippen LogP contribution in [0.3, 0.4) is 0 Å². The molecule has 0 aliphatic carbocycles. The number of fused-ring (bicyclic) bond motifs is 1. The summed E-state index contributed by atoms with van der Waals surface area (Å²) in [4.78, 5) is 0. The van der Waals surface area contributed by atoms with E-state index in [0.29, 0.717) is 6.61 Å². The van der Waals surface area contributed by atoms with Crippen LogP contribution in [0.15, 0.2) is 18.2 Å². The van der Waals surface area contributed by atoms with Crippen molar-refractivity contribution in [2.75, 3.05) is 13.2 Å². The second-order valence-electron chi connectivity index (χ2n) is 3.63. The molecule has 1 aromatic carbocycles. The molecule has 0 spiro atoms. The highest BCUT2D eigenvalue weighted by Crippen LogP contribution is 2.21. The number of nitrogens with two attached hydrogens (primary N) is 1. The van der Waals surface area contributed by atoms with Crippen molar-refractivity contribution in [2.45, 2.75) is 19.4 Å². The van der Waals surface area contributed by atoms with Crippen LogP contribution in [0.5, 0.6) is 0 Å². The van der Waals surface area contributed by atoms with E-state index in [-0.39, 0.29) is 6.04 Å². The normalized spacial score (nSPS) is 22.2. The van der Waals surface area contributed by atoms with E-state index in [2.05, 4.69) is 25.1 Å². The van der Waals surface area contributed by atoms with Crippen LogP contribution >= 0.6 is 0 Å². The minimum absolute atomic E-state index is 0.0531. The maximum absolute atomic E-state index is 5.99. The Labute approximate surface area is 78.7 Å². The van der Waals surface area contributed by atoms with E-state index in [1.807, 2.05) is 0 Å². The summed E-state index contributed by atoms with van der Waals surface area (Å²) in [5.41, 5.74) is 9.87. The summed E-state index contributed by atoms with van der Waals surface area (Å²) in [7, 11) is 0. The van der Waals surface area contributed by atoms with Gasteiger partial charge in [-0.15, -0.1) is 0 Å². The number of hydrogen-bond donors (Lipinski definition) is 1. The van der Waals surface area contributed by atoms with Gasteiger partial charge in [0.2, 0.25) is 0 Å². The summed E-state index contributed by atoms with van der Waals surface area (Å²) in [6.07, 6.45) is 0.989. The van der Waals surface area contributed by atoms with Gasteiger partial charge in [0.25, 0.3) is 0 Å². The topological polar surface area (TPSA) is 35.2 Å². The lowest BCUT2D eigenvalue weighted by atomic mass is 9.98. The van der Waals surface area contributed by atoms with Gasteiger partial charge in [-0.05, 0) is 24.5 Å².